The molecule has 0 aliphatic carbocycles. The van der Waals surface area contributed by atoms with E-state index in [9.17, 15) is 0 Å². The van der Waals surface area contributed by atoms with Crippen LogP contribution in [0.1, 0.15) is 26.5 Å². The van der Waals surface area contributed by atoms with Crippen LogP contribution in [-0.2, 0) is 11.3 Å². The molecule has 4 heteroatoms. The number of rotatable bonds is 4. The van der Waals surface area contributed by atoms with Gasteiger partial charge in [-0.3, -0.25) is 0 Å². The minimum atomic E-state index is 0.0304. The van der Waals surface area contributed by atoms with Gasteiger partial charge in [0, 0.05) is 25.4 Å². The second-order valence-corrected chi connectivity index (χ2v) is 4.77. The van der Waals surface area contributed by atoms with E-state index in [0.717, 1.165) is 18.2 Å². The third-order valence-corrected chi connectivity index (χ3v) is 1.92. The third kappa shape index (κ3) is 3.91. The van der Waals surface area contributed by atoms with E-state index >= 15 is 0 Å². The zero-order valence-corrected chi connectivity index (χ0v) is 10.3. The molecular formula is C11H21N3O. The highest BCUT2D eigenvalue weighted by atomic mass is 16.5. The van der Waals surface area contributed by atoms with Gasteiger partial charge >= 0.3 is 0 Å². The van der Waals surface area contributed by atoms with Crippen molar-refractivity contribution in [1.29, 1.82) is 0 Å². The highest BCUT2D eigenvalue weighted by Crippen LogP contribution is 2.14. The molecule has 4 nitrogen and oxygen atoms in total. The van der Waals surface area contributed by atoms with Crippen LogP contribution in [0, 0.1) is 6.92 Å². The van der Waals surface area contributed by atoms with Crippen molar-refractivity contribution in [2.24, 2.45) is 0 Å². The number of methoxy groups -OCH3 is 1. The first-order valence-electron chi connectivity index (χ1n) is 5.23. The van der Waals surface area contributed by atoms with Crippen molar-refractivity contribution in [3.05, 3.63) is 11.9 Å². The predicted molar refractivity (Wildman–Crippen MR) is 62.2 cm³/mol. The Morgan fingerprint density at radius 1 is 1.47 bits per heavy atom. The second-order valence-electron chi connectivity index (χ2n) is 4.77. The van der Waals surface area contributed by atoms with Crippen molar-refractivity contribution in [3.63, 3.8) is 0 Å². The fraction of sp³-hybridized carbons (Fsp3) is 0.727. The summed E-state index contributed by atoms with van der Waals surface area (Å²) in [5.41, 5.74) is 1.06. The van der Waals surface area contributed by atoms with Crippen molar-refractivity contribution < 1.29 is 4.74 Å². The van der Waals surface area contributed by atoms with E-state index in [1.807, 2.05) is 13.1 Å². The standard InChI is InChI=1S/C11H21N3O/c1-9-8-14(6-7-15-5)10(12-9)13-11(2,3)4/h8H,6-7H2,1-5H3,(H,12,13). The summed E-state index contributed by atoms with van der Waals surface area (Å²) in [6, 6.07) is 0. The molecule has 86 valence electrons. The summed E-state index contributed by atoms with van der Waals surface area (Å²) in [7, 11) is 1.71. The van der Waals surface area contributed by atoms with E-state index in [4.69, 9.17) is 4.74 Å². The average Bonchev–Trinajstić information content (AvgIpc) is 2.39. The van der Waals surface area contributed by atoms with Crippen LogP contribution in [0.2, 0.25) is 0 Å². The first-order chi connectivity index (χ1) is 6.92. The van der Waals surface area contributed by atoms with Crippen LogP contribution in [0.5, 0.6) is 0 Å². The summed E-state index contributed by atoms with van der Waals surface area (Å²) >= 11 is 0. The molecule has 0 saturated carbocycles. The molecule has 0 atom stereocenters. The van der Waals surface area contributed by atoms with Gasteiger partial charge in [0.2, 0.25) is 5.95 Å². The molecule has 0 spiro atoms. The Bertz CT molecular complexity index is 312. The van der Waals surface area contributed by atoms with Crippen LogP contribution in [0.25, 0.3) is 0 Å². The highest BCUT2D eigenvalue weighted by Gasteiger charge is 2.13. The number of nitrogens with zero attached hydrogens (tertiary/aromatic N) is 2. The van der Waals surface area contributed by atoms with E-state index in [0.29, 0.717) is 6.61 Å². The molecule has 1 aromatic heterocycles. The van der Waals surface area contributed by atoms with Crippen molar-refractivity contribution in [2.75, 3.05) is 19.0 Å². The lowest BCUT2D eigenvalue weighted by Gasteiger charge is -2.21. The molecule has 0 amide bonds. The topological polar surface area (TPSA) is 39.1 Å². The molecule has 0 bridgehead atoms. The van der Waals surface area contributed by atoms with Crippen molar-refractivity contribution in [3.8, 4) is 0 Å². The molecule has 0 fully saturated rings. The van der Waals surface area contributed by atoms with Crippen molar-refractivity contribution >= 4 is 5.95 Å². The molecular weight excluding hydrogens is 190 g/mol. The first kappa shape index (κ1) is 12.0. The van der Waals surface area contributed by atoms with Crippen LogP contribution in [0.15, 0.2) is 6.20 Å². The summed E-state index contributed by atoms with van der Waals surface area (Å²) in [5.74, 6) is 0.914. The third-order valence-electron chi connectivity index (χ3n) is 1.92. The Morgan fingerprint density at radius 2 is 2.13 bits per heavy atom. The van der Waals surface area contributed by atoms with Gasteiger partial charge in [0.25, 0.3) is 0 Å². The fourth-order valence-electron chi connectivity index (χ4n) is 1.34. The van der Waals surface area contributed by atoms with Crippen LogP contribution < -0.4 is 5.32 Å². The molecule has 0 saturated heterocycles. The van der Waals surface area contributed by atoms with Gasteiger partial charge in [-0.1, -0.05) is 0 Å². The van der Waals surface area contributed by atoms with Crippen LogP contribution in [0.4, 0.5) is 5.95 Å². The van der Waals surface area contributed by atoms with Gasteiger partial charge < -0.3 is 14.6 Å². The number of hydrogen-bond donors (Lipinski definition) is 1. The van der Waals surface area contributed by atoms with E-state index in [1.165, 1.54) is 0 Å². The molecule has 15 heavy (non-hydrogen) atoms. The number of hydrogen-bond acceptors (Lipinski definition) is 3. The largest absolute Gasteiger partial charge is 0.383 e. The first-order valence-corrected chi connectivity index (χ1v) is 5.23. The molecule has 0 aromatic carbocycles. The molecule has 0 unspecified atom stereocenters. The van der Waals surface area contributed by atoms with Gasteiger partial charge in [-0.05, 0) is 27.7 Å². The van der Waals surface area contributed by atoms with Gasteiger partial charge in [-0.25, -0.2) is 4.98 Å². The predicted octanol–water partition coefficient (Wildman–Crippen LogP) is 2.05. The number of anilines is 1. The summed E-state index contributed by atoms with van der Waals surface area (Å²) < 4.78 is 7.15. The maximum Gasteiger partial charge on any atom is 0.203 e. The smallest absolute Gasteiger partial charge is 0.203 e. The minimum absolute atomic E-state index is 0.0304. The van der Waals surface area contributed by atoms with E-state index in [1.54, 1.807) is 7.11 Å². The molecule has 0 aliphatic heterocycles. The zero-order valence-electron chi connectivity index (χ0n) is 10.3. The molecule has 1 heterocycles. The van der Waals surface area contributed by atoms with Gasteiger partial charge in [0.05, 0.1) is 12.3 Å². The van der Waals surface area contributed by atoms with E-state index in [-0.39, 0.29) is 5.54 Å². The molecule has 1 N–H and O–H groups in total. The highest BCUT2D eigenvalue weighted by molar-refractivity contribution is 5.31. The zero-order chi connectivity index (χ0) is 11.5. The average molecular weight is 211 g/mol. The quantitative estimate of drug-likeness (QED) is 0.828. The lowest BCUT2D eigenvalue weighted by Crippen LogP contribution is -2.28. The number of imidazole rings is 1. The van der Waals surface area contributed by atoms with E-state index < -0.39 is 0 Å². The number of nitrogens with one attached hydrogen (secondary N) is 1. The summed E-state index contributed by atoms with van der Waals surface area (Å²) in [6.45, 7) is 9.90. The Labute approximate surface area is 91.7 Å². The molecule has 0 radical (unpaired) electrons. The SMILES string of the molecule is COCCn1cc(C)nc1NC(C)(C)C. The maximum absolute atomic E-state index is 5.06. The number of aryl methyl sites for hydroxylation is 1. The minimum Gasteiger partial charge on any atom is -0.383 e. The van der Waals surface area contributed by atoms with Crippen LogP contribution in [0.3, 0.4) is 0 Å². The summed E-state index contributed by atoms with van der Waals surface area (Å²) in [4.78, 5) is 4.45. The normalized spacial score (nSPS) is 11.8. The Balaban J connectivity index is 2.77. The van der Waals surface area contributed by atoms with Crippen LogP contribution >= 0.6 is 0 Å². The van der Waals surface area contributed by atoms with Crippen molar-refractivity contribution in [1.82, 2.24) is 9.55 Å². The van der Waals surface area contributed by atoms with Crippen molar-refractivity contribution in [2.45, 2.75) is 39.8 Å². The van der Waals surface area contributed by atoms with Gasteiger partial charge in [-0.2, -0.15) is 0 Å². The number of ether oxygens (including phenoxy) is 1. The summed E-state index contributed by atoms with van der Waals surface area (Å²) in [5, 5.41) is 3.38. The summed E-state index contributed by atoms with van der Waals surface area (Å²) in [6.07, 6.45) is 2.03. The Kier molecular flexibility index (Phi) is 3.74. The fourth-order valence-corrected chi connectivity index (χ4v) is 1.34. The van der Waals surface area contributed by atoms with E-state index in [2.05, 4.69) is 35.6 Å². The second kappa shape index (κ2) is 4.66. The maximum atomic E-state index is 5.06. The van der Waals surface area contributed by atoms with Gasteiger partial charge in [0.1, 0.15) is 0 Å². The van der Waals surface area contributed by atoms with Gasteiger partial charge in [0.15, 0.2) is 0 Å². The molecule has 1 aromatic rings. The van der Waals surface area contributed by atoms with Crippen LogP contribution in [-0.4, -0.2) is 28.8 Å². The Morgan fingerprint density at radius 3 is 2.67 bits per heavy atom. The van der Waals surface area contributed by atoms with Gasteiger partial charge in [-0.15, -0.1) is 0 Å². The lowest BCUT2D eigenvalue weighted by atomic mass is 10.1. The monoisotopic (exact) mass is 211 g/mol. The Hall–Kier alpha value is -1.03. The number of aromatic nitrogens is 2. The molecule has 0 aliphatic rings. The molecule has 1 rings (SSSR count). The lowest BCUT2D eigenvalue weighted by molar-refractivity contribution is 0.187.